The summed E-state index contributed by atoms with van der Waals surface area (Å²) in [5.41, 5.74) is 15.1. The highest BCUT2D eigenvalue weighted by Gasteiger charge is 2.26. The zero-order chi connectivity index (χ0) is 46.0. The Labute approximate surface area is 383 Å². The van der Waals surface area contributed by atoms with E-state index >= 15 is 0 Å². The molecule has 5 heteroatoms. The fourth-order valence-corrected chi connectivity index (χ4v) is 9.04. The van der Waals surface area contributed by atoms with Crippen LogP contribution in [0.4, 0.5) is 11.4 Å². The van der Waals surface area contributed by atoms with E-state index in [2.05, 4.69) is 234 Å². The maximum absolute atomic E-state index is 7.10. The van der Waals surface area contributed by atoms with Crippen molar-refractivity contribution in [2.24, 2.45) is 0 Å². The average molecular weight is 851 g/mol. The number of benzene rings is 5. The van der Waals surface area contributed by atoms with Gasteiger partial charge in [0.15, 0.2) is 0 Å². The molecule has 0 bridgehead atoms. The Bertz CT molecular complexity index is 2830. The Balaban J connectivity index is 1.27. The van der Waals surface area contributed by atoms with Gasteiger partial charge in [0, 0.05) is 52.9 Å². The Morgan fingerprint density at radius 1 is 0.516 bits per heavy atom. The van der Waals surface area contributed by atoms with E-state index in [0.29, 0.717) is 24.4 Å². The molecule has 0 aliphatic carbocycles. The number of nitrogens with zero attached hydrogens (tertiary/aromatic N) is 4. The number of aromatic nitrogens is 2. The van der Waals surface area contributed by atoms with Gasteiger partial charge >= 0.3 is 0 Å². The third-order valence-electron chi connectivity index (χ3n) is 13.1. The number of para-hydroxylation sites is 1. The van der Waals surface area contributed by atoms with Crippen LogP contribution in [0, 0.1) is 0 Å². The third-order valence-corrected chi connectivity index (χ3v) is 13.1. The van der Waals surface area contributed by atoms with E-state index in [1.807, 2.05) is 6.20 Å². The van der Waals surface area contributed by atoms with Crippen LogP contribution in [0.1, 0.15) is 155 Å². The van der Waals surface area contributed by atoms with Gasteiger partial charge in [0.05, 0.1) is 17.7 Å². The smallest absolute Gasteiger partial charge is 0.137 e. The number of anilines is 2. The van der Waals surface area contributed by atoms with Crippen molar-refractivity contribution in [1.82, 2.24) is 9.55 Å². The topological polar surface area (TPSA) is 33.5 Å². The molecule has 0 atom stereocenters. The largest absolute Gasteiger partial charge is 0.457 e. The molecule has 0 N–H and O–H groups in total. The standard InChI is InChI=1S/C59H70N4O/c1-37(2)40-28-51(38(3)4)56(52(29-40)39(5)6)41-26-45(61-24-25-62(36-61)46-31-43(58(10,11)12)30-44(32-46)59(13,14)15)34-48(27-41)64-47-20-21-50-49-18-16-17-19-53(49)63(54(50)35-47)55-33-42(22-23-60-55)57(7,8)9/h16-35,37-39H,36H2,1-15H3. The number of fused-ring (bicyclic) bond motifs is 3. The van der Waals surface area contributed by atoms with E-state index in [9.17, 15) is 0 Å². The summed E-state index contributed by atoms with van der Waals surface area (Å²) < 4.78 is 9.39. The van der Waals surface area contributed by atoms with E-state index in [0.717, 1.165) is 34.0 Å². The first-order valence-electron chi connectivity index (χ1n) is 23.5. The lowest BCUT2D eigenvalue weighted by molar-refractivity contribution is 0.483. The van der Waals surface area contributed by atoms with Crippen molar-refractivity contribution >= 4 is 33.2 Å². The SMILES string of the molecule is CC(C)c1cc(C(C)C)c(-c2cc(Oc3ccc4c5ccccc5n(-c5cc(C(C)(C)C)ccn5)c4c3)cc(N3C=CN(c4cc(C(C)(C)C)cc(C(C)(C)C)c4)C3)c2)c(C(C)C)c1. The van der Waals surface area contributed by atoms with Gasteiger partial charge in [-0.2, -0.15) is 0 Å². The number of pyridine rings is 1. The molecular weight excluding hydrogens is 781 g/mol. The maximum atomic E-state index is 7.10. The van der Waals surface area contributed by atoms with Gasteiger partial charge in [0.25, 0.3) is 0 Å². The molecule has 0 unspecified atom stereocenters. The van der Waals surface area contributed by atoms with Gasteiger partial charge in [-0.15, -0.1) is 0 Å². The highest BCUT2D eigenvalue weighted by molar-refractivity contribution is 6.09. The van der Waals surface area contributed by atoms with Gasteiger partial charge in [-0.05, 0) is 133 Å². The Hall–Kier alpha value is -5.81. The van der Waals surface area contributed by atoms with E-state index in [-0.39, 0.29) is 16.2 Å². The number of hydrogen-bond donors (Lipinski definition) is 0. The van der Waals surface area contributed by atoms with Crippen LogP contribution in [0.25, 0.3) is 38.8 Å². The second kappa shape index (κ2) is 16.6. The van der Waals surface area contributed by atoms with Crippen molar-refractivity contribution in [2.75, 3.05) is 16.5 Å². The fraction of sp³-hybridized carbons (Fsp3) is 0.373. The molecule has 332 valence electrons. The molecule has 0 saturated heterocycles. The van der Waals surface area contributed by atoms with Crippen LogP contribution in [-0.2, 0) is 16.2 Å². The van der Waals surface area contributed by atoms with E-state index < -0.39 is 0 Å². The van der Waals surface area contributed by atoms with Crippen molar-refractivity contribution in [3.63, 3.8) is 0 Å². The molecule has 64 heavy (non-hydrogen) atoms. The van der Waals surface area contributed by atoms with Crippen LogP contribution in [-0.4, -0.2) is 16.2 Å². The fourth-order valence-electron chi connectivity index (χ4n) is 9.04. The average Bonchev–Trinajstić information content (AvgIpc) is 3.86. The first kappa shape index (κ1) is 44.8. The van der Waals surface area contributed by atoms with Crippen LogP contribution >= 0.6 is 0 Å². The summed E-state index contributed by atoms with van der Waals surface area (Å²) in [6.45, 7) is 35.2. The second-order valence-electron chi connectivity index (χ2n) is 22.2. The number of hydrogen-bond acceptors (Lipinski definition) is 4. The first-order valence-corrected chi connectivity index (χ1v) is 23.5. The van der Waals surface area contributed by atoms with Gasteiger partial charge in [0.2, 0.25) is 0 Å². The molecule has 5 aromatic carbocycles. The molecule has 0 saturated carbocycles. The first-order chi connectivity index (χ1) is 30.1. The molecule has 0 fully saturated rings. The van der Waals surface area contributed by atoms with E-state index in [1.165, 1.54) is 61.0 Å². The molecule has 5 nitrogen and oxygen atoms in total. The van der Waals surface area contributed by atoms with Crippen molar-refractivity contribution in [3.8, 4) is 28.4 Å². The maximum Gasteiger partial charge on any atom is 0.137 e. The highest BCUT2D eigenvalue weighted by Crippen LogP contribution is 2.44. The van der Waals surface area contributed by atoms with Crippen LogP contribution in [0.5, 0.6) is 11.5 Å². The number of rotatable bonds is 9. The number of ether oxygens (including phenoxy) is 1. The van der Waals surface area contributed by atoms with Gasteiger partial charge in [0.1, 0.15) is 17.3 Å². The summed E-state index contributed by atoms with van der Waals surface area (Å²) in [4.78, 5) is 9.68. The zero-order valence-corrected chi connectivity index (χ0v) is 41.2. The second-order valence-corrected chi connectivity index (χ2v) is 22.2. The molecule has 8 rings (SSSR count). The lowest BCUT2D eigenvalue weighted by atomic mass is 9.80. The van der Waals surface area contributed by atoms with Crippen LogP contribution in [0.3, 0.4) is 0 Å². The van der Waals surface area contributed by atoms with Crippen LogP contribution < -0.4 is 14.5 Å². The van der Waals surface area contributed by atoms with Crippen molar-refractivity contribution < 1.29 is 4.74 Å². The minimum absolute atomic E-state index is 0.0131. The highest BCUT2D eigenvalue weighted by atomic mass is 16.5. The van der Waals surface area contributed by atoms with Crippen LogP contribution in [0.2, 0.25) is 0 Å². The summed E-state index contributed by atoms with van der Waals surface area (Å²) in [7, 11) is 0. The van der Waals surface area contributed by atoms with Crippen molar-refractivity contribution in [1.29, 1.82) is 0 Å². The van der Waals surface area contributed by atoms with Gasteiger partial charge in [-0.25, -0.2) is 4.98 Å². The minimum atomic E-state index is -0.0131. The molecule has 0 radical (unpaired) electrons. The molecule has 0 spiro atoms. The minimum Gasteiger partial charge on any atom is -0.457 e. The zero-order valence-electron chi connectivity index (χ0n) is 41.2. The molecular formula is C59H70N4O. The molecule has 7 aromatic rings. The van der Waals surface area contributed by atoms with Crippen molar-refractivity contribution in [3.05, 3.63) is 155 Å². The summed E-state index contributed by atoms with van der Waals surface area (Å²) >= 11 is 0. The van der Waals surface area contributed by atoms with Gasteiger partial charge in [-0.1, -0.05) is 140 Å². The summed E-state index contributed by atoms with van der Waals surface area (Å²) in [5, 5.41) is 2.36. The molecule has 1 aliphatic heterocycles. The predicted octanol–water partition coefficient (Wildman–Crippen LogP) is 16.7. The summed E-state index contributed by atoms with van der Waals surface area (Å²) in [5.74, 6) is 3.59. The third kappa shape index (κ3) is 8.83. The Kier molecular flexibility index (Phi) is 11.6. The van der Waals surface area contributed by atoms with Gasteiger partial charge in [-0.3, -0.25) is 4.57 Å². The Morgan fingerprint density at radius 2 is 1.09 bits per heavy atom. The predicted molar refractivity (Wildman–Crippen MR) is 274 cm³/mol. The van der Waals surface area contributed by atoms with E-state index in [1.54, 1.807) is 0 Å². The molecule has 2 aromatic heterocycles. The van der Waals surface area contributed by atoms with Crippen molar-refractivity contribution in [2.45, 2.75) is 138 Å². The summed E-state index contributed by atoms with van der Waals surface area (Å²) in [6.07, 6.45) is 6.39. The van der Waals surface area contributed by atoms with Crippen LogP contribution in [0.15, 0.2) is 122 Å². The Morgan fingerprint density at radius 3 is 1.67 bits per heavy atom. The van der Waals surface area contributed by atoms with E-state index in [4.69, 9.17) is 9.72 Å². The van der Waals surface area contributed by atoms with Gasteiger partial charge < -0.3 is 14.5 Å². The lowest BCUT2D eigenvalue weighted by Gasteiger charge is -2.29. The normalized spacial score (nSPS) is 13.8. The monoisotopic (exact) mass is 851 g/mol. The molecule has 0 amide bonds. The molecule has 3 heterocycles. The quantitative estimate of drug-likeness (QED) is 0.145. The summed E-state index contributed by atoms with van der Waals surface area (Å²) in [6, 6.07) is 38.4. The molecule has 1 aliphatic rings. The lowest BCUT2D eigenvalue weighted by Crippen LogP contribution is -2.26.